The van der Waals surface area contributed by atoms with Crippen LogP contribution in [-0.2, 0) is 51.2 Å². The van der Waals surface area contributed by atoms with E-state index in [1.54, 1.807) is 0 Å². The zero-order valence-corrected chi connectivity index (χ0v) is 57.7. The van der Waals surface area contributed by atoms with Gasteiger partial charge >= 0.3 is 23.9 Å². The molecular formula is C72H124N6O8S2. The maximum Gasteiger partial charge on any atom is 0.307 e. The summed E-state index contributed by atoms with van der Waals surface area (Å²) >= 11 is 3.65. The third kappa shape index (κ3) is 36.4. The highest BCUT2D eigenvalue weighted by atomic mass is 32.2. The van der Waals surface area contributed by atoms with Gasteiger partial charge in [0.15, 0.2) is 0 Å². The van der Waals surface area contributed by atoms with Crippen LogP contribution in [0.5, 0.6) is 0 Å². The second kappa shape index (κ2) is 50.0. The van der Waals surface area contributed by atoms with E-state index in [1.165, 1.54) is 128 Å². The van der Waals surface area contributed by atoms with Crippen molar-refractivity contribution in [2.75, 3.05) is 88.7 Å². The number of thioether (sulfide) groups is 2. The molecule has 4 bridgehead atoms. The first-order chi connectivity index (χ1) is 43.2. The number of nitrogens with zero attached hydrogens (tertiary/aromatic N) is 6. The Bertz CT molecular complexity index is 2070. The number of allylic oxidation sites excluding steroid dienone is 2. The lowest BCUT2D eigenvalue weighted by atomic mass is 9.43. The summed E-state index contributed by atoms with van der Waals surface area (Å²) in [5.74, 6) is 5.35. The predicted molar refractivity (Wildman–Crippen MR) is 366 cm³/mol. The number of aryl methyl sites for hydroxylation is 2. The fraction of sp³-hybridized carbons (Fsp3) is 0.806. The Morgan fingerprint density at radius 1 is 0.466 bits per heavy atom. The van der Waals surface area contributed by atoms with E-state index in [-0.39, 0.29) is 23.9 Å². The summed E-state index contributed by atoms with van der Waals surface area (Å²) in [5, 5.41) is 0. The highest BCUT2D eigenvalue weighted by Crippen LogP contribution is 2.66. The minimum atomic E-state index is -0.0948. The Kier molecular flexibility index (Phi) is 43.7. The molecule has 0 spiro atoms. The SMILES string of the molecule is CC.CCCCCC/C=C\CSCCOC(=O)CCN(CCCCCCCC(=O)OCC12CC(C1)C2)CCCn1ccnc1.CCCCCCC/C=C\CSCCOC(=O)CCN(CCCCCCCCOC(=O)CC12CC(C1)C2)CCCn1ccnc1. The zero-order valence-electron chi connectivity index (χ0n) is 56.0. The van der Waals surface area contributed by atoms with Gasteiger partial charge in [0.25, 0.3) is 0 Å². The largest absolute Gasteiger partial charge is 0.466 e. The number of hydrogen-bond acceptors (Lipinski definition) is 14. The number of ether oxygens (including phenoxy) is 4. The molecule has 502 valence electrons. The van der Waals surface area contributed by atoms with Crippen molar-refractivity contribution in [3.63, 3.8) is 0 Å². The van der Waals surface area contributed by atoms with E-state index < -0.39 is 0 Å². The van der Waals surface area contributed by atoms with E-state index in [9.17, 15) is 19.2 Å². The molecule has 0 aliphatic heterocycles. The molecule has 16 heteroatoms. The molecule has 88 heavy (non-hydrogen) atoms. The molecule has 2 aromatic heterocycles. The Morgan fingerprint density at radius 2 is 0.886 bits per heavy atom. The summed E-state index contributed by atoms with van der Waals surface area (Å²) in [5.41, 5.74) is 0.726. The average Bonchev–Trinajstić information content (AvgIpc) is 0.908. The first-order valence-corrected chi connectivity index (χ1v) is 37.9. The highest BCUT2D eigenvalue weighted by Gasteiger charge is 2.58. The van der Waals surface area contributed by atoms with Crippen molar-refractivity contribution in [2.24, 2.45) is 22.7 Å². The van der Waals surface area contributed by atoms with Crippen molar-refractivity contribution >= 4 is 47.4 Å². The summed E-state index contributed by atoms with van der Waals surface area (Å²) in [4.78, 5) is 61.9. The number of unbranched alkanes of at least 4 members (excludes halogenated alkanes) is 18. The highest BCUT2D eigenvalue weighted by molar-refractivity contribution is 7.99. The summed E-state index contributed by atoms with van der Waals surface area (Å²) < 4.78 is 26.3. The van der Waals surface area contributed by atoms with E-state index in [2.05, 4.69) is 67.1 Å². The minimum absolute atomic E-state index is 0.0146. The van der Waals surface area contributed by atoms with Gasteiger partial charge in [0.05, 0.1) is 45.1 Å². The van der Waals surface area contributed by atoms with Crippen LogP contribution in [0.25, 0.3) is 0 Å². The number of rotatable bonds is 56. The molecule has 0 radical (unpaired) electrons. The fourth-order valence-corrected chi connectivity index (χ4v) is 13.9. The number of imidazole rings is 2. The molecule has 2 heterocycles. The van der Waals surface area contributed by atoms with Crippen molar-refractivity contribution in [1.82, 2.24) is 28.9 Å². The Labute approximate surface area is 543 Å². The molecule has 6 saturated carbocycles. The predicted octanol–water partition coefficient (Wildman–Crippen LogP) is 16.7. The van der Waals surface area contributed by atoms with E-state index in [0.29, 0.717) is 62.9 Å². The van der Waals surface area contributed by atoms with Gasteiger partial charge < -0.3 is 37.9 Å². The molecule has 0 amide bonds. The van der Waals surface area contributed by atoms with Gasteiger partial charge in [-0.1, -0.05) is 142 Å². The topological polar surface area (TPSA) is 147 Å². The normalized spacial score (nSPS) is 18.6. The molecule has 0 saturated heterocycles. The smallest absolute Gasteiger partial charge is 0.307 e. The summed E-state index contributed by atoms with van der Waals surface area (Å²) in [6.07, 6.45) is 58.6. The van der Waals surface area contributed by atoms with Crippen LogP contribution in [0.3, 0.4) is 0 Å². The van der Waals surface area contributed by atoms with E-state index in [4.69, 9.17) is 18.9 Å². The van der Waals surface area contributed by atoms with Crippen molar-refractivity contribution in [2.45, 2.75) is 259 Å². The van der Waals surface area contributed by atoms with Gasteiger partial charge in [-0.25, -0.2) is 9.97 Å². The lowest BCUT2D eigenvalue weighted by Gasteiger charge is -2.61. The number of carbonyl (C=O) groups excluding carboxylic acids is 4. The van der Waals surface area contributed by atoms with Gasteiger partial charge in [-0.05, 0) is 146 Å². The van der Waals surface area contributed by atoms with Crippen molar-refractivity contribution in [3.8, 4) is 0 Å². The van der Waals surface area contributed by atoms with Crippen LogP contribution in [-0.4, -0.2) is 141 Å². The lowest BCUT2D eigenvalue weighted by Crippen LogP contribution is -2.54. The molecular weight excluding hydrogens is 1140 g/mol. The van der Waals surface area contributed by atoms with Crippen LogP contribution < -0.4 is 0 Å². The summed E-state index contributed by atoms with van der Waals surface area (Å²) in [6, 6.07) is 0. The number of aromatic nitrogens is 4. The average molecular weight is 1270 g/mol. The zero-order chi connectivity index (χ0) is 62.9. The van der Waals surface area contributed by atoms with Gasteiger partial charge in [-0.3, -0.25) is 19.2 Å². The fourth-order valence-electron chi connectivity index (χ4n) is 12.6. The number of carbonyl (C=O) groups is 4. The molecule has 2 aromatic rings. The monoisotopic (exact) mass is 1260 g/mol. The maximum absolute atomic E-state index is 12.4. The third-order valence-corrected chi connectivity index (χ3v) is 19.7. The standard InChI is InChI=1S/C36H61N3O4S.C34H57N3O4S.C2H6/c1-2-3-4-5-6-9-12-15-26-44-27-25-43-34(40)17-22-38(20-16-21-39-23-18-37-32-39)19-13-10-7-8-11-14-24-42-35(41)31-36-28-33(29-36)30-36;1-2-3-4-5-6-10-13-24-42-25-23-40-33(39)16-21-36(19-14-20-37-22-17-35-30-37)18-12-9-7-8-11-15-32(38)41-29-34-26-31(27-34)28-34;1-2/h12,15,18,23,32-33H,2-11,13-14,16-17,19-22,24-31H2,1H3;10,13,17,22,30-31H,2-9,11-12,14-16,18-21,23-29H2,1H3;1-2H3/b15-12-;13-10-;. The van der Waals surface area contributed by atoms with E-state index in [1.807, 2.05) is 74.8 Å². The Hall–Kier alpha value is -3.60. The molecule has 8 rings (SSSR count). The summed E-state index contributed by atoms with van der Waals surface area (Å²) in [7, 11) is 0. The van der Waals surface area contributed by atoms with Crippen LogP contribution in [0, 0.1) is 22.7 Å². The molecule has 14 nitrogen and oxygen atoms in total. The first-order valence-electron chi connectivity index (χ1n) is 35.6. The van der Waals surface area contributed by atoms with Gasteiger partial charge in [0.2, 0.25) is 0 Å². The maximum atomic E-state index is 12.4. The van der Waals surface area contributed by atoms with Gasteiger partial charge in [0, 0.05) is 85.8 Å². The van der Waals surface area contributed by atoms with Crippen LogP contribution >= 0.6 is 23.5 Å². The van der Waals surface area contributed by atoms with E-state index in [0.717, 1.165) is 151 Å². The van der Waals surface area contributed by atoms with Crippen molar-refractivity contribution in [3.05, 3.63) is 61.7 Å². The van der Waals surface area contributed by atoms with Crippen LogP contribution in [0.2, 0.25) is 0 Å². The van der Waals surface area contributed by atoms with Gasteiger partial charge in [-0.15, -0.1) is 0 Å². The molecule has 6 fully saturated rings. The molecule has 0 aromatic carbocycles. The Balaban J connectivity index is 0.000000366. The minimum Gasteiger partial charge on any atom is -0.466 e. The lowest BCUT2D eigenvalue weighted by molar-refractivity contribution is -0.174. The Morgan fingerprint density at radius 3 is 1.35 bits per heavy atom. The molecule has 0 atom stereocenters. The van der Waals surface area contributed by atoms with Gasteiger partial charge in [0.1, 0.15) is 13.2 Å². The van der Waals surface area contributed by atoms with Crippen LogP contribution in [0.4, 0.5) is 0 Å². The molecule has 0 unspecified atom stereocenters. The van der Waals surface area contributed by atoms with Crippen LogP contribution in [0.1, 0.15) is 246 Å². The molecule has 6 aliphatic carbocycles. The second-order valence-electron chi connectivity index (χ2n) is 25.7. The number of esters is 4. The van der Waals surface area contributed by atoms with Crippen LogP contribution in [0.15, 0.2) is 61.7 Å². The van der Waals surface area contributed by atoms with E-state index >= 15 is 0 Å². The third-order valence-electron chi connectivity index (χ3n) is 18.0. The number of hydrogen-bond donors (Lipinski definition) is 0. The van der Waals surface area contributed by atoms with Crippen molar-refractivity contribution < 1.29 is 38.1 Å². The van der Waals surface area contributed by atoms with Gasteiger partial charge in [-0.2, -0.15) is 23.5 Å². The second-order valence-corrected chi connectivity index (χ2v) is 28.0. The summed E-state index contributed by atoms with van der Waals surface area (Å²) in [6.45, 7) is 18.0. The molecule has 0 N–H and O–H groups in total. The molecule has 6 aliphatic rings. The first kappa shape index (κ1) is 76.9. The van der Waals surface area contributed by atoms with Crippen molar-refractivity contribution in [1.29, 1.82) is 0 Å². The quantitative estimate of drug-likeness (QED) is 0.0268.